The van der Waals surface area contributed by atoms with E-state index in [9.17, 15) is 4.79 Å². The summed E-state index contributed by atoms with van der Waals surface area (Å²) in [6, 6.07) is 9.68. The van der Waals surface area contributed by atoms with E-state index in [0.29, 0.717) is 11.6 Å². The molecule has 0 saturated carbocycles. The minimum absolute atomic E-state index is 0.191. The molecule has 0 spiro atoms. The summed E-state index contributed by atoms with van der Waals surface area (Å²) < 4.78 is 0. The van der Waals surface area contributed by atoms with Crippen molar-refractivity contribution in [1.29, 1.82) is 0 Å². The Morgan fingerprint density at radius 3 is 2.62 bits per heavy atom. The topological polar surface area (TPSA) is 58.1 Å². The molecule has 1 aliphatic rings. The molecule has 0 aliphatic carbocycles. The number of benzene rings is 1. The first-order valence-corrected chi connectivity index (χ1v) is 8.62. The van der Waals surface area contributed by atoms with Crippen molar-refractivity contribution in [2.45, 2.75) is 39.0 Å². The molecule has 3 rings (SSSR count). The number of nitrogens with zero attached hydrogens (tertiary/aromatic N) is 3. The average Bonchev–Trinajstić information content (AvgIpc) is 2.63. The Hall–Kier alpha value is -2.43. The lowest BCUT2D eigenvalue weighted by atomic mass is 10.0. The molecule has 1 amide bonds. The number of para-hydroxylation sites is 1. The summed E-state index contributed by atoms with van der Waals surface area (Å²) >= 11 is 0. The third-order valence-electron chi connectivity index (χ3n) is 4.40. The molecule has 1 aromatic heterocycles. The maximum Gasteiger partial charge on any atom is 0.274 e. The second-order valence-corrected chi connectivity index (χ2v) is 6.51. The average molecular weight is 324 g/mol. The van der Waals surface area contributed by atoms with E-state index in [1.807, 2.05) is 24.3 Å². The predicted octanol–water partition coefficient (Wildman–Crippen LogP) is 3.84. The quantitative estimate of drug-likeness (QED) is 0.928. The smallest absolute Gasteiger partial charge is 0.274 e. The molecule has 1 aromatic carbocycles. The molecule has 1 fully saturated rings. The normalized spacial score (nSPS) is 14.7. The molecular weight excluding hydrogens is 300 g/mol. The van der Waals surface area contributed by atoms with Crippen molar-refractivity contribution in [3.05, 3.63) is 47.9 Å². The molecule has 5 nitrogen and oxygen atoms in total. The van der Waals surface area contributed by atoms with Crippen molar-refractivity contribution in [2.24, 2.45) is 0 Å². The van der Waals surface area contributed by atoms with E-state index in [-0.39, 0.29) is 5.91 Å². The van der Waals surface area contributed by atoms with E-state index in [0.717, 1.165) is 30.2 Å². The number of amides is 1. The van der Waals surface area contributed by atoms with E-state index in [4.69, 9.17) is 0 Å². The number of hydrogen-bond donors (Lipinski definition) is 1. The van der Waals surface area contributed by atoms with Crippen LogP contribution in [-0.2, 0) is 0 Å². The molecule has 0 unspecified atom stereocenters. The maximum absolute atomic E-state index is 12.6. The largest absolute Gasteiger partial charge is 0.357 e. The molecule has 0 atom stereocenters. The second-order valence-electron chi connectivity index (χ2n) is 6.51. The Kier molecular flexibility index (Phi) is 5.08. The van der Waals surface area contributed by atoms with Crippen LogP contribution < -0.4 is 10.2 Å². The number of hydrogen-bond acceptors (Lipinski definition) is 4. The van der Waals surface area contributed by atoms with Crippen LogP contribution in [0.25, 0.3) is 0 Å². The Morgan fingerprint density at radius 1 is 1.12 bits per heavy atom. The van der Waals surface area contributed by atoms with E-state index in [1.165, 1.54) is 25.6 Å². The number of carbonyl (C=O) groups excluding carboxylic acids is 1. The fourth-order valence-electron chi connectivity index (χ4n) is 3.07. The fourth-order valence-corrected chi connectivity index (χ4v) is 3.07. The van der Waals surface area contributed by atoms with E-state index in [1.54, 1.807) is 6.07 Å². The minimum atomic E-state index is -0.191. The van der Waals surface area contributed by atoms with Gasteiger partial charge in [0.1, 0.15) is 17.8 Å². The van der Waals surface area contributed by atoms with Gasteiger partial charge in [0, 0.05) is 24.8 Å². The molecule has 24 heavy (non-hydrogen) atoms. The molecule has 0 bridgehead atoms. The SMILES string of the molecule is CC(C)c1ccccc1NC(=O)c1cc(N2CCCCC2)ncn1. The van der Waals surface area contributed by atoms with E-state index >= 15 is 0 Å². The number of rotatable bonds is 4. The van der Waals surface area contributed by atoms with Gasteiger partial charge in [0.15, 0.2) is 0 Å². The first-order chi connectivity index (χ1) is 11.6. The Morgan fingerprint density at radius 2 is 1.88 bits per heavy atom. The molecule has 0 radical (unpaired) electrons. The van der Waals surface area contributed by atoms with Crippen molar-refractivity contribution in [3.63, 3.8) is 0 Å². The summed E-state index contributed by atoms with van der Waals surface area (Å²) in [5.41, 5.74) is 2.37. The van der Waals surface area contributed by atoms with Gasteiger partial charge in [-0.15, -0.1) is 0 Å². The zero-order valence-electron chi connectivity index (χ0n) is 14.3. The molecular formula is C19H24N4O. The van der Waals surface area contributed by atoms with Crippen LogP contribution in [0, 0.1) is 0 Å². The predicted molar refractivity (Wildman–Crippen MR) is 96.6 cm³/mol. The number of piperidine rings is 1. The molecule has 1 N–H and O–H groups in total. The van der Waals surface area contributed by atoms with Gasteiger partial charge in [0.2, 0.25) is 0 Å². The number of carbonyl (C=O) groups is 1. The van der Waals surface area contributed by atoms with Gasteiger partial charge in [-0.05, 0) is 36.8 Å². The fraction of sp³-hybridized carbons (Fsp3) is 0.421. The number of aromatic nitrogens is 2. The third-order valence-corrected chi connectivity index (χ3v) is 4.40. The van der Waals surface area contributed by atoms with Crippen molar-refractivity contribution < 1.29 is 4.79 Å². The van der Waals surface area contributed by atoms with Crippen molar-refractivity contribution >= 4 is 17.4 Å². The summed E-state index contributed by atoms with van der Waals surface area (Å²) in [6.45, 7) is 6.22. The lowest BCUT2D eigenvalue weighted by molar-refractivity contribution is 0.102. The summed E-state index contributed by atoms with van der Waals surface area (Å²) in [5, 5.41) is 2.99. The van der Waals surface area contributed by atoms with Crippen LogP contribution in [0.15, 0.2) is 36.7 Å². The summed E-state index contributed by atoms with van der Waals surface area (Å²) in [7, 11) is 0. The van der Waals surface area contributed by atoms with Crippen LogP contribution in [0.4, 0.5) is 11.5 Å². The number of anilines is 2. The highest BCUT2D eigenvalue weighted by Crippen LogP contribution is 2.24. The highest BCUT2D eigenvalue weighted by atomic mass is 16.1. The monoisotopic (exact) mass is 324 g/mol. The van der Waals surface area contributed by atoms with Crippen LogP contribution in [-0.4, -0.2) is 29.0 Å². The van der Waals surface area contributed by atoms with E-state index < -0.39 is 0 Å². The standard InChI is InChI=1S/C19H24N4O/c1-14(2)15-8-4-5-9-16(15)22-19(24)17-12-18(21-13-20-17)23-10-6-3-7-11-23/h4-5,8-9,12-14H,3,6-7,10-11H2,1-2H3,(H,22,24). The minimum Gasteiger partial charge on any atom is -0.357 e. The molecule has 1 aliphatic heterocycles. The summed E-state index contributed by atoms with van der Waals surface area (Å²) in [4.78, 5) is 23.3. The van der Waals surface area contributed by atoms with Gasteiger partial charge < -0.3 is 10.2 Å². The summed E-state index contributed by atoms with van der Waals surface area (Å²) in [6.07, 6.45) is 5.09. The summed E-state index contributed by atoms with van der Waals surface area (Å²) in [5.74, 6) is 0.992. The molecule has 2 heterocycles. The van der Waals surface area contributed by atoms with Gasteiger partial charge in [-0.25, -0.2) is 9.97 Å². The molecule has 5 heteroatoms. The lowest BCUT2D eigenvalue weighted by Gasteiger charge is -2.27. The van der Waals surface area contributed by atoms with Crippen LogP contribution >= 0.6 is 0 Å². The lowest BCUT2D eigenvalue weighted by Crippen LogP contribution is -2.30. The van der Waals surface area contributed by atoms with E-state index in [2.05, 4.69) is 34.0 Å². The van der Waals surface area contributed by atoms with Gasteiger partial charge in [0.05, 0.1) is 0 Å². The third kappa shape index (κ3) is 3.72. The van der Waals surface area contributed by atoms with Crippen LogP contribution in [0.5, 0.6) is 0 Å². The Labute approximate surface area is 143 Å². The van der Waals surface area contributed by atoms with Gasteiger partial charge in [0.25, 0.3) is 5.91 Å². The van der Waals surface area contributed by atoms with Gasteiger partial charge in [-0.3, -0.25) is 4.79 Å². The van der Waals surface area contributed by atoms with Crippen molar-refractivity contribution in [3.8, 4) is 0 Å². The Balaban J connectivity index is 1.78. The maximum atomic E-state index is 12.6. The molecule has 2 aromatic rings. The highest BCUT2D eigenvalue weighted by Gasteiger charge is 2.16. The second kappa shape index (κ2) is 7.43. The van der Waals surface area contributed by atoms with Gasteiger partial charge >= 0.3 is 0 Å². The van der Waals surface area contributed by atoms with Gasteiger partial charge in [-0.1, -0.05) is 32.0 Å². The van der Waals surface area contributed by atoms with Crippen LogP contribution in [0.1, 0.15) is 55.1 Å². The molecule has 1 saturated heterocycles. The van der Waals surface area contributed by atoms with Crippen molar-refractivity contribution in [1.82, 2.24) is 9.97 Å². The highest BCUT2D eigenvalue weighted by molar-refractivity contribution is 6.03. The molecule has 126 valence electrons. The van der Waals surface area contributed by atoms with Crippen LogP contribution in [0.2, 0.25) is 0 Å². The zero-order chi connectivity index (χ0) is 16.9. The zero-order valence-corrected chi connectivity index (χ0v) is 14.3. The van der Waals surface area contributed by atoms with Gasteiger partial charge in [-0.2, -0.15) is 0 Å². The number of nitrogens with one attached hydrogen (secondary N) is 1. The first-order valence-electron chi connectivity index (χ1n) is 8.62. The first kappa shape index (κ1) is 16.4. The van der Waals surface area contributed by atoms with Crippen LogP contribution in [0.3, 0.4) is 0 Å². The van der Waals surface area contributed by atoms with Crippen molar-refractivity contribution in [2.75, 3.05) is 23.3 Å². The Bertz CT molecular complexity index is 708.